The SMILES string of the molecule is CN(C)c1ccc(/C=C/C(=O)c2ccc(I)s2)s1. The molecule has 0 aliphatic heterocycles. The molecular formula is C13H12INOS2. The zero-order valence-corrected chi connectivity index (χ0v) is 13.8. The van der Waals surface area contributed by atoms with Crippen LogP contribution in [0.3, 0.4) is 0 Å². The van der Waals surface area contributed by atoms with Crippen molar-refractivity contribution >= 4 is 62.1 Å². The Kier molecular flexibility index (Phi) is 4.58. The van der Waals surface area contributed by atoms with Crippen molar-refractivity contribution < 1.29 is 4.79 Å². The lowest BCUT2D eigenvalue weighted by Crippen LogP contribution is -2.05. The van der Waals surface area contributed by atoms with Crippen molar-refractivity contribution in [2.45, 2.75) is 0 Å². The van der Waals surface area contributed by atoms with E-state index in [4.69, 9.17) is 0 Å². The summed E-state index contributed by atoms with van der Waals surface area (Å²) in [7, 11) is 4.02. The Morgan fingerprint density at radius 2 is 2.00 bits per heavy atom. The number of anilines is 1. The maximum atomic E-state index is 11.9. The Hall–Kier alpha value is -0.660. The molecule has 0 unspecified atom stereocenters. The maximum Gasteiger partial charge on any atom is 0.195 e. The molecule has 2 rings (SSSR count). The standard InChI is InChI=1S/C13H12INOS2/c1-15(2)13-8-4-9(17-13)3-5-10(16)11-6-7-12(14)18-11/h3-8H,1-2H3/b5-3+. The average molecular weight is 389 g/mol. The highest BCUT2D eigenvalue weighted by molar-refractivity contribution is 14.1. The molecule has 2 aromatic rings. The van der Waals surface area contributed by atoms with E-state index in [1.807, 2.05) is 38.4 Å². The van der Waals surface area contributed by atoms with E-state index in [1.54, 1.807) is 17.4 Å². The normalized spacial score (nSPS) is 11.1. The average Bonchev–Trinajstić information content (AvgIpc) is 2.94. The van der Waals surface area contributed by atoms with Gasteiger partial charge in [0.1, 0.15) is 0 Å². The number of carbonyl (C=O) groups excluding carboxylic acids is 1. The maximum absolute atomic E-state index is 11.9. The van der Waals surface area contributed by atoms with Gasteiger partial charge in [0.15, 0.2) is 5.78 Å². The number of thiophene rings is 2. The minimum absolute atomic E-state index is 0.0720. The fraction of sp³-hybridized carbons (Fsp3) is 0.154. The highest BCUT2D eigenvalue weighted by Crippen LogP contribution is 2.25. The first-order chi connectivity index (χ1) is 8.56. The van der Waals surface area contributed by atoms with Gasteiger partial charge < -0.3 is 4.90 Å². The number of halogens is 1. The molecule has 0 saturated carbocycles. The van der Waals surface area contributed by atoms with Crippen LogP contribution in [0.5, 0.6) is 0 Å². The van der Waals surface area contributed by atoms with Crippen LogP contribution in [0.25, 0.3) is 6.08 Å². The molecule has 0 bridgehead atoms. The lowest BCUT2D eigenvalue weighted by molar-refractivity contribution is 0.105. The summed E-state index contributed by atoms with van der Waals surface area (Å²) in [5.41, 5.74) is 0. The summed E-state index contributed by atoms with van der Waals surface area (Å²) in [6, 6.07) is 7.92. The third-order valence-electron chi connectivity index (χ3n) is 2.27. The van der Waals surface area contributed by atoms with Gasteiger partial charge in [-0.3, -0.25) is 4.79 Å². The molecule has 18 heavy (non-hydrogen) atoms. The number of allylic oxidation sites excluding steroid dienone is 1. The third kappa shape index (κ3) is 3.43. The minimum Gasteiger partial charge on any atom is -0.370 e. The molecule has 5 heteroatoms. The Labute approximate surface area is 128 Å². The van der Waals surface area contributed by atoms with Crippen molar-refractivity contribution in [2.75, 3.05) is 19.0 Å². The molecule has 0 N–H and O–H groups in total. The van der Waals surface area contributed by atoms with Gasteiger partial charge in [0, 0.05) is 19.0 Å². The molecule has 0 aliphatic carbocycles. The van der Waals surface area contributed by atoms with Gasteiger partial charge in [-0.25, -0.2) is 0 Å². The first kappa shape index (κ1) is 13.8. The molecule has 0 spiro atoms. The van der Waals surface area contributed by atoms with E-state index in [2.05, 4.69) is 33.6 Å². The number of hydrogen-bond acceptors (Lipinski definition) is 4. The van der Waals surface area contributed by atoms with Gasteiger partial charge in [0.2, 0.25) is 0 Å². The van der Waals surface area contributed by atoms with Crippen molar-refractivity contribution in [3.63, 3.8) is 0 Å². The lowest BCUT2D eigenvalue weighted by atomic mass is 10.3. The Morgan fingerprint density at radius 3 is 2.56 bits per heavy atom. The molecule has 2 nitrogen and oxygen atoms in total. The molecule has 0 amide bonds. The van der Waals surface area contributed by atoms with Gasteiger partial charge >= 0.3 is 0 Å². The van der Waals surface area contributed by atoms with Crippen LogP contribution in [0.2, 0.25) is 0 Å². The molecule has 0 aromatic carbocycles. The van der Waals surface area contributed by atoms with E-state index >= 15 is 0 Å². The molecule has 2 aromatic heterocycles. The predicted octanol–water partition coefficient (Wildman–Crippen LogP) is 4.38. The molecule has 0 aliphatic rings. The van der Waals surface area contributed by atoms with Gasteiger partial charge in [-0.1, -0.05) is 0 Å². The van der Waals surface area contributed by atoms with Crippen LogP contribution in [0.1, 0.15) is 14.5 Å². The Bertz CT molecular complexity index is 583. The van der Waals surface area contributed by atoms with Crippen molar-refractivity contribution in [2.24, 2.45) is 0 Å². The van der Waals surface area contributed by atoms with Gasteiger partial charge in [0.25, 0.3) is 0 Å². The van der Waals surface area contributed by atoms with Gasteiger partial charge in [0.05, 0.1) is 12.8 Å². The van der Waals surface area contributed by atoms with Crippen LogP contribution in [0.4, 0.5) is 5.00 Å². The lowest BCUT2D eigenvalue weighted by Gasteiger charge is -2.06. The summed E-state index contributed by atoms with van der Waals surface area (Å²) >= 11 is 5.42. The first-order valence-corrected chi connectivity index (χ1v) is 8.02. The second-order valence-corrected chi connectivity index (χ2v) is 7.94. The highest BCUT2D eigenvalue weighted by atomic mass is 127. The van der Waals surface area contributed by atoms with E-state index < -0.39 is 0 Å². The Balaban J connectivity index is 2.08. The zero-order valence-electron chi connectivity index (χ0n) is 10.0. The monoisotopic (exact) mass is 389 g/mol. The van der Waals surface area contributed by atoms with Crippen LogP contribution in [-0.2, 0) is 0 Å². The van der Waals surface area contributed by atoms with Crippen LogP contribution in [-0.4, -0.2) is 19.9 Å². The van der Waals surface area contributed by atoms with Crippen molar-refractivity contribution in [1.82, 2.24) is 0 Å². The van der Waals surface area contributed by atoms with Crippen LogP contribution in [0, 0.1) is 2.88 Å². The first-order valence-electron chi connectivity index (χ1n) is 5.31. The topological polar surface area (TPSA) is 20.3 Å². The summed E-state index contributed by atoms with van der Waals surface area (Å²) in [6.45, 7) is 0. The summed E-state index contributed by atoms with van der Waals surface area (Å²) in [4.78, 5) is 15.8. The van der Waals surface area contributed by atoms with Gasteiger partial charge in [-0.2, -0.15) is 0 Å². The Morgan fingerprint density at radius 1 is 1.22 bits per heavy atom. The quantitative estimate of drug-likeness (QED) is 0.440. The molecule has 2 heterocycles. The molecular weight excluding hydrogens is 377 g/mol. The number of nitrogens with zero attached hydrogens (tertiary/aromatic N) is 1. The predicted molar refractivity (Wildman–Crippen MR) is 89.0 cm³/mol. The van der Waals surface area contributed by atoms with Crippen molar-refractivity contribution in [3.8, 4) is 0 Å². The van der Waals surface area contributed by atoms with E-state index in [-0.39, 0.29) is 5.78 Å². The minimum atomic E-state index is 0.0720. The summed E-state index contributed by atoms with van der Waals surface area (Å²) in [5, 5.41) is 1.19. The largest absolute Gasteiger partial charge is 0.370 e. The highest BCUT2D eigenvalue weighted by Gasteiger charge is 2.05. The van der Waals surface area contributed by atoms with Crippen molar-refractivity contribution in [3.05, 3.63) is 43.0 Å². The molecule has 94 valence electrons. The second kappa shape index (κ2) is 5.99. The zero-order chi connectivity index (χ0) is 13.1. The number of carbonyl (C=O) groups is 1. The summed E-state index contributed by atoms with van der Waals surface area (Å²) in [5.74, 6) is 0.0720. The van der Waals surface area contributed by atoms with E-state index in [0.717, 1.165) is 12.6 Å². The van der Waals surface area contributed by atoms with E-state index in [1.165, 1.54) is 16.3 Å². The summed E-state index contributed by atoms with van der Waals surface area (Å²) in [6.07, 6.45) is 3.53. The van der Waals surface area contributed by atoms with Gasteiger partial charge in [-0.15, -0.1) is 22.7 Å². The second-order valence-electron chi connectivity index (χ2n) is 3.87. The van der Waals surface area contributed by atoms with Crippen LogP contribution in [0.15, 0.2) is 30.3 Å². The van der Waals surface area contributed by atoms with Crippen LogP contribution >= 0.6 is 45.3 Å². The fourth-order valence-electron chi connectivity index (χ4n) is 1.36. The number of ketones is 1. The molecule has 0 radical (unpaired) electrons. The van der Waals surface area contributed by atoms with E-state index in [9.17, 15) is 4.79 Å². The fourth-order valence-corrected chi connectivity index (χ4v) is 3.73. The molecule has 0 saturated heterocycles. The summed E-state index contributed by atoms with van der Waals surface area (Å²) < 4.78 is 1.13. The number of rotatable bonds is 4. The van der Waals surface area contributed by atoms with Gasteiger partial charge in [-0.05, 0) is 59.0 Å². The van der Waals surface area contributed by atoms with E-state index in [0.29, 0.717) is 0 Å². The molecule has 0 fully saturated rings. The van der Waals surface area contributed by atoms with Crippen LogP contribution < -0.4 is 4.90 Å². The smallest absolute Gasteiger partial charge is 0.195 e. The third-order valence-corrected chi connectivity index (χ3v) is 5.40. The van der Waals surface area contributed by atoms with Crippen molar-refractivity contribution in [1.29, 1.82) is 0 Å². The number of hydrogen-bond donors (Lipinski definition) is 0. The molecule has 0 atom stereocenters.